The van der Waals surface area contributed by atoms with Crippen molar-refractivity contribution in [3.05, 3.63) is 0 Å². The van der Waals surface area contributed by atoms with Crippen LogP contribution in [0.4, 0.5) is 0 Å². The summed E-state index contributed by atoms with van der Waals surface area (Å²) in [7, 11) is 0. The molecule has 0 aromatic heterocycles. The van der Waals surface area contributed by atoms with Crippen LogP contribution in [0.25, 0.3) is 0 Å². The Balaban J connectivity index is 1.60. The molecule has 4 atom stereocenters. The summed E-state index contributed by atoms with van der Waals surface area (Å²) in [5, 5.41) is 6.92. The highest BCUT2D eigenvalue weighted by molar-refractivity contribution is 6.20. The van der Waals surface area contributed by atoms with E-state index in [0.29, 0.717) is 23.3 Å². The number of halogens is 2. The van der Waals surface area contributed by atoms with Gasteiger partial charge in [-0.25, -0.2) is 10.4 Å². The van der Waals surface area contributed by atoms with Crippen molar-refractivity contribution in [3.63, 3.8) is 0 Å². The predicted octanol–water partition coefficient (Wildman–Crippen LogP) is 3.63. The molecular formula is C21H37Cl2N5O. The number of hydrogen-bond donors (Lipinski definition) is 4. The molecule has 8 heteroatoms. The topological polar surface area (TPSA) is 77.6 Å². The van der Waals surface area contributed by atoms with E-state index in [1.807, 2.05) is 0 Å². The minimum Gasteiger partial charge on any atom is -0.351 e. The lowest BCUT2D eigenvalue weighted by Crippen LogP contribution is -2.52. The summed E-state index contributed by atoms with van der Waals surface area (Å²) in [6, 6.07) is 0.371. The zero-order valence-electron chi connectivity index (χ0n) is 17.9. The van der Waals surface area contributed by atoms with E-state index >= 15 is 0 Å². The average Bonchev–Trinajstić information content (AvgIpc) is 3.09. The lowest BCUT2D eigenvalue weighted by Gasteiger charge is -2.29. The molecule has 1 heterocycles. The second-order valence-electron chi connectivity index (χ2n) is 9.96. The third kappa shape index (κ3) is 7.27. The maximum absolute atomic E-state index is 12.8. The van der Waals surface area contributed by atoms with Gasteiger partial charge < -0.3 is 5.32 Å². The van der Waals surface area contributed by atoms with E-state index in [9.17, 15) is 4.79 Å². The lowest BCUT2D eigenvalue weighted by atomic mass is 9.83. The molecule has 4 unspecified atom stereocenters. The molecule has 0 spiro atoms. The fraction of sp³-hybridized carbons (Fsp3) is 0.905. The number of carbonyl (C=O) groups is 1. The number of carbonyl (C=O) groups excluding carboxylic acids is 1. The Kier molecular flexibility index (Phi) is 8.10. The molecule has 1 aliphatic heterocycles. The number of guanidine groups is 1. The Hall–Kier alpha value is -0.560. The van der Waals surface area contributed by atoms with Crippen LogP contribution in [0.2, 0.25) is 0 Å². The Morgan fingerprint density at radius 3 is 2.34 bits per heavy atom. The number of hydrogen-bond acceptors (Lipinski definition) is 4. The lowest BCUT2D eigenvalue weighted by molar-refractivity contribution is -0.124. The van der Waals surface area contributed by atoms with Crippen molar-refractivity contribution in [2.45, 2.75) is 107 Å². The van der Waals surface area contributed by atoms with Crippen LogP contribution in [-0.4, -0.2) is 40.4 Å². The van der Waals surface area contributed by atoms with Crippen LogP contribution in [0, 0.1) is 11.8 Å². The molecule has 2 aliphatic carbocycles. The largest absolute Gasteiger partial charge is 0.351 e. The van der Waals surface area contributed by atoms with Crippen molar-refractivity contribution in [1.82, 2.24) is 21.5 Å². The van der Waals surface area contributed by atoms with Gasteiger partial charge in [-0.1, -0.05) is 6.42 Å². The number of nitrogens with one attached hydrogen (secondary N) is 4. The number of nitrogens with zero attached hydrogens (tertiary/aromatic N) is 1. The Labute approximate surface area is 185 Å². The fourth-order valence-electron chi connectivity index (χ4n) is 4.63. The first-order chi connectivity index (χ1) is 13.7. The number of alkyl halides is 2. The Morgan fingerprint density at radius 1 is 0.966 bits per heavy atom. The van der Waals surface area contributed by atoms with Gasteiger partial charge in [-0.3, -0.25) is 15.5 Å². The van der Waals surface area contributed by atoms with Crippen LogP contribution in [0.15, 0.2) is 4.99 Å². The monoisotopic (exact) mass is 445 g/mol. The van der Waals surface area contributed by atoms with Gasteiger partial charge in [-0.2, -0.15) is 0 Å². The molecule has 6 nitrogen and oxygen atoms in total. The third-order valence-electron chi connectivity index (χ3n) is 6.18. The maximum Gasteiger partial charge on any atom is 0.229 e. The first-order valence-corrected chi connectivity index (χ1v) is 12.0. The molecule has 1 amide bonds. The van der Waals surface area contributed by atoms with Gasteiger partial charge in [-0.05, 0) is 71.6 Å². The van der Waals surface area contributed by atoms with Gasteiger partial charge in [0.25, 0.3) is 0 Å². The zero-order valence-corrected chi connectivity index (χ0v) is 19.5. The molecule has 3 rings (SSSR count). The van der Waals surface area contributed by atoms with Crippen LogP contribution in [0.5, 0.6) is 0 Å². The van der Waals surface area contributed by atoms with Crippen molar-refractivity contribution >= 4 is 35.1 Å². The summed E-state index contributed by atoms with van der Waals surface area (Å²) < 4.78 is 0. The molecule has 166 valence electrons. The van der Waals surface area contributed by atoms with E-state index in [1.165, 1.54) is 12.8 Å². The molecule has 29 heavy (non-hydrogen) atoms. The van der Waals surface area contributed by atoms with Crippen molar-refractivity contribution in [2.75, 3.05) is 0 Å². The molecule has 0 bridgehead atoms. The SMILES string of the molecule is CC(C)(C)N/C(=N\C1CC(C2CCCC(Cl)C2)NN1)NC(=O)C1CCC(Cl)CC1. The fourth-order valence-corrected chi connectivity index (χ4v) is 5.26. The van der Waals surface area contributed by atoms with Gasteiger partial charge in [0.05, 0.1) is 0 Å². The molecule has 3 fully saturated rings. The smallest absolute Gasteiger partial charge is 0.229 e. The van der Waals surface area contributed by atoms with Gasteiger partial charge in [0.2, 0.25) is 5.91 Å². The highest BCUT2D eigenvalue weighted by Crippen LogP contribution is 2.32. The van der Waals surface area contributed by atoms with Crippen molar-refractivity contribution in [1.29, 1.82) is 0 Å². The summed E-state index contributed by atoms with van der Waals surface area (Å²) in [6.07, 6.45) is 8.91. The van der Waals surface area contributed by atoms with E-state index in [2.05, 4.69) is 42.3 Å². The van der Waals surface area contributed by atoms with Gasteiger partial charge in [-0.15, -0.1) is 23.2 Å². The molecule has 0 aromatic rings. The molecule has 0 radical (unpaired) electrons. The quantitative estimate of drug-likeness (QED) is 0.303. The van der Waals surface area contributed by atoms with Crippen LogP contribution in [-0.2, 0) is 4.79 Å². The minimum absolute atomic E-state index is 0.0160. The van der Waals surface area contributed by atoms with E-state index in [-0.39, 0.29) is 28.9 Å². The number of amides is 1. The summed E-state index contributed by atoms with van der Waals surface area (Å²) in [5.41, 5.74) is 6.53. The van der Waals surface area contributed by atoms with Gasteiger partial charge in [0.1, 0.15) is 6.17 Å². The van der Waals surface area contributed by atoms with Crippen LogP contribution in [0.3, 0.4) is 0 Å². The zero-order chi connectivity index (χ0) is 21.0. The van der Waals surface area contributed by atoms with Crippen molar-refractivity contribution in [2.24, 2.45) is 16.8 Å². The normalized spacial score (nSPS) is 36.7. The first-order valence-electron chi connectivity index (χ1n) is 11.2. The van der Waals surface area contributed by atoms with E-state index in [1.54, 1.807) is 0 Å². The second kappa shape index (κ2) is 10.2. The molecule has 2 saturated carbocycles. The Bertz CT molecular complexity index is 586. The van der Waals surface area contributed by atoms with Gasteiger partial charge in [0, 0.05) is 34.7 Å². The number of aliphatic imine (C=N–C) groups is 1. The first kappa shape index (κ1) is 23.1. The minimum atomic E-state index is -0.194. The summed E-state index contributed by atoms with van der Waals surface area (Å²) >= 11 is 12.6. The van der Waals surface area contributed by atoms with Crippen LogP contribution < -0.4 is 21.5 Å². The highest BCUT2D eigenvalue weighted by atomic mass is 35.5. The third-order valence-corrected chi connectivity index (χ3v) is 7.01. The Morgan fingerprint density at radius 2 is 1.69 bits per heavy atom. The summed E-state index contributed by atoms with van der Waals surface area (Å²) in [6.45, 7) is 6.21. The van der Waals surface area contributed by atoms with Gasteiger partial charge in [0.15, 0.2) is 5.96 Å². The molecule has 3 aliphatic rings. The van der Waals surface area contributed by atoms with E-state index in [4.69, 9.17) is 28.2 Å². The summed E-state index contributed by atoms with van der Waals surface area (Å²) in [5.74, 6) is 1.19. The van der Waals surface area contributed by atoms with Gasteiger partial charge >= 0.3 is 0 Å². The standard InChI is InChI=1S/C21H37Cl2N5O/c1-21(2,3)26-20(25-19(29)13-7-9-15(22)10-8-13)24-18-12-17(27-28-18)14-5-4-6-16(23)11-14/h13-18,27-28H,4-12H2,1-3H3,(H2,24,25,26,29). The molecule has 0 aromatic carbocycles. The number of rotatable bonds is 3. The predicted molar refractivity (Wildman–Crippen MR) is 120 cm³/mol. The molecule has 4 N–H and O–H groups in total. The van der Waals surface area contributed by atoms with E-state index < -0.39 is 0 Å². The maximum atomic E-state index is 12.8. The van der Waals surface area contributed by atoms with E-state index in [0.717, 1.165) is 44.9 Å². The van der Waals surface area contributed by atoms with Crippen LogP contribution in [0.1, 0.15) is 78.6 Å². The highest BCUT2D eigenvalue weighted by Gasteiger charge is 2.34. The van der Waals surface area contributed by atoms with Crippen LogP contribution >= 0.6 is 23.2 Å². The number of hydrazine groups is 1. The van der Waals surface area contributed by atoms with Crippen molar-refractivity contribution in [3.8, 4) is 0 Å². The molecular weight excluding hydrogens is 409 g/mol. The second-order valence-corrected chi connectivity index (χ2v) is 11.2. The molecule has 1 saturated heterocycles. The van der Waals surface area contributed by atoms with Crippen molar-refractivity contribution < 1.29 is 4.79 Å². The summed E-state index contributed by atoms with van der Waals surface area (Å²) in [4.78, 5) is 17.6. The average molecular weight is 446 g/mol.